The van der Waals surface area contributed by atoms with E-state index in [1.807, 2.05) is 0 Å². The molecule has 0 saturated carbocycles. The van der Waals surface area contributed by atoms with Gasteiger partial charge in [0.05, 0.1) is 28.1 Å². The Morgan fingerprint density at radius 2 is 0.946 bits per heavy atom. The van der Waals surface area contributed by atoms with Gasteiger partial charge in [-0.2, -0.15) is 0 Å². The predicted molar refractivity (Wildman–Crippen MR) is 318 cm³/mol. The van der Waals surface area contributed by atoms with E-state index in [2.05, 4.69) is 256 Å². The van der Waals surface area contributed by atoms with Crippen LogP contribution in [0.5, 0.6) is 0 Å². The maximum absolute atomic E-state index is 6.63. The van der Waals surface area contributed by atoms with Crippen molar-refractivity contribution in [1.29, 1.82) is 0 Å². The third kappa shape index (κ3) is 6.74. The quantitative estimate of drug-likeness (QED) is 0.164. The molecule has 2 aromatic heterocycles. The summed E-state index contributed by atoms with van der Waals surface area (Å²) in [7, 11) is 0. The minimum atomic E-state index is -0.0727. The second-order valence-corrected chi connectivity index (χ2v) is 23.8. The van der Waals surface area contributed by atoms with E-state index in [4.69, 9.17) is 4.42 Å². The molecule has 9 aromatic carbocycles. The summed E-state index contributed by atoms with van der Waals surface area (Å²) in [6.07, 6.45) is 0. The molecule has 74 heavy (non-hydrogen) atoms. The van der Waals surface area contributed by atoms with Crippen molar-refractivity contribution in [2.75, 3.05) is 9.80 Å². The first-order valence-corrected chi connectivity index (χ1v) is 26.5. The number of hydrogen-bond acceptors (Lipinski definition) is 3. The fraction of sp³-hybridized carbons (Fsp3) is 0.217. The van der Waals surface area contributed by atoms with Crippen LogP contribution in [0.3, 0.4) is 0 Å². The molecule has 0 amide bonds. The van der Waals surface area contributed by atoms with Crippen LogP contribution in [0.25, 0.3) is 60.6 Å². The number of hydrogen-bond donors (Lipinski definition) is 0. The molecule has 0 aliphatic carbocycles. The topological polar surface area (TPSA) is 24.6 Å². The number of aromatic nitrogens is 1. The van der Waals surface area contributed by atoms with Crippen LogP contribution in [0.1, 0.15) is 91.6 Å². The Bertz CT molecular complexity index is 4140. The van der Waals surface area contributed by atoms with Gasteiger partial charge in [-0.15, -0.1) is 0 Å². The van der Waals surface area contributed by atoms with Crippen LogP contribution < -0.4 is 26.2 Å². The molecule has 0 fully saturated rings. The van der Waals surface area contributed by atoms with Crippen molar-refractivity contribution in [2.45, 2.75) is 101 Å². The third-order valence-corrected chi connectivity index (χ3v) is 16.6. The zero-order valence-corrected chi connectivity index (χ0v) is 45.3. The Hall–Kier alpha value is -7.76. The van der Waals surface area contributed by atoms with Gasteiger partial charge in [-0.25, -0.2) is 0 Å². The molecule has 0 bridgehead atoms. The molecule has 0 atom stereocenters. The lowest BCUT2D eigenvalue weighted by Gasteiger charge is -2.46. The van der Waals surface area contributed by atoms with Crippen LogP contribution in [0, 0.1) is 48.5 Å². The number of rotatable bonds is 4. The highest BCUT2D eigenvalue weighted by Crippen LogP contribution is 2.50. The molecule has 13 rings (SSSR count). The van der Waals surface area contributed by atoms with E-state index in [0.29, 0.717) is 0 Å². The van der Waals surface area contributed by atoms with E-state index in [1.165, 1.54) is 128 Å². The molecular formula is C69H64BN3O. The molecule has 2 aliphatic rings. The van der Waals surface area contributed by atoms with Gasteiger partial charge < -0.3 is 18.8 Å². The number of benzene rings is 9. The Balaban J connectivity index is 1.13. The summed E-state index contributed by atoms with van der Waals surface area (Å²) < 4.78 is 9.22. The number of nitrogens with zero attached hydrogens (tertiary/aromatic N) is 3. The molecule has 0 N–H and O–H groups in total. The van der Waals surface area contributed by atoms with E-state index >= 15 is 0 Å². The Kier molecular flexibility index (Phi) is 10.0. The highest BCUT2D eigenvalue weighted by molar-refractivity contribution is 7.00. The number of fused-ring (bicyclic) bond motifs is 10. The van der Waals surface area contributed by atoms with Crippen molar-refractivity contribution in [3.8, 4) is 16.8 Å². The third-order valence-electron chi connectivity index (χ3n) is 16.6. The molecule has 0 unspecified atom stereocenters. The first-order chi connectivity index (χ1) is 35.4. The Morgan fingerprint density at radius 1 is 0.405 bits per heavy atom. The minimum Gasteiger partial charge on any atom is -0.455 e. The SMILES string of the molecule is Cc1cc2c3c(c1)N(c1c(C)cccc1C)c1cc4c(cc1B3c1cc(C(C)(C)C)ccc1N2c1c(C)cc(-c2cccc3c2oc2ccccc23)cc1C)c1ccc(C(C)(C)C)cc1n4-c1c(C)cccc1C. The summed E-state index contributed by atoms with van der Waals surface area (Å²) in [4.78, 5) is 5.26. The van der Waals surface area contributed by atoms with E-state index < -0.39 is 0 Å². The summed E-state index contributed by atoms with van der Waals surface area (Å²) in [5.74, 6) is 0. The average molecular weight is 962 g/mol. The summed E-state index contributed by atoms with van der Waals surface area (Å²) in [6.45, 7) is 30.0. The Morgan fingerprint density at radius 3 is 1.61 bits per heavy atom. The van der Waals surface area contributed by atoms with Crippen LogP contribution >= 0.6 is 0 Å². The highest BCUT2D eigenvalue weighted by atomic mass is 16.3. The van der Waals surface area contributed by atoms with E-state index in [0.717, 1.165) is 33.1 Å². The zero-order chi connectivity index (χ0) is 51.4. The van der Waals surface area contributed by atoms with Crippen LogP contribution in [-0.2, 0) is 10.8 Å². The second kappa shape index (κ2) is 16.1. The van der Waals surface area contributed by atoms with Gasteiger partial charge in [0.1, 0.15) is 11.2 Å². The van der Waals surface area contributed by atoms with Crippen molar-refractivity contribution >= 4 is 101 Å². The monoisotopic (exact) mass is 962 g/mol. The van der Waals surface area contributed by atoms with Gasteiger partial charge in [-0.05, 0) is 180 Å². The van der Waals surface area contributed by atoms with Crippen LogP contribution in [0.4, 0.5) is 34.1 Å². The Labute approximate surface area is 437 Å². The van der Waals surface area contributed by atoms with Crippen molar-refractivity contribution in [1.82, 2.24) is 4.57 Å². The lowest BCUT2D eigenvalue weighted by molar-refractivity contribution is 0.590. The van der Waals surface area contributed by atoms with Crippen molar-refractivity contribution in [3.05, 3.63) is 202 Å². The van der Waals surface area contributed by atoms with E-state index in [-0.39, 0.29) is 17.5 Å². The van der Waals surface area contributed by atoms with Gasteiger partial charge in [0.25, 0.3) is 6.71 Å². The van der Waals surface area contributed by atoms with Gasteiger partial charge in [0.2, 0.25) is 0 Å². The summed E-state index contributed by atoms with van der Waals surface area (Å²) in [5.41, 5.74) is 30.5. The summed E-state index contributed by atoms with van der Waals surface area (Å²) in [6, 6.07) is 57.9. The first-order valence-electron chi connectivity index (χ1n) is 26.5. The zero-order valence-electron chi connectivity index (χ0n) is 45.3. The lowest BCUT2D eigenvalue weighted by atomic mass is 9.33. The molecule has 2 aliphatic heterocycles. The molecule has 11 aromatic rings. The van der Waals surface area contributed by atoms with Crippen molar-refractivity contribution in [2.24, 2.45) is 0 Å². The maximum Gasteiger partial charge on any atom is 0.252 e. The van der Waals surface area contributed by atoms with Gasteiger partial charge in [-0.1, -0.05) is 145 Å². The second-order valence-electron chi connectivity index (χ2n) is 23.8. The summed E-state index contributed by atoms with van der Waals surface area (Å²) in [5, 5.41) is 4.84. The fourth-order valence-corrected chi connectivity index (χ4v) is 13.1. The number of anilines is 6. The maximum atomic E-state index is 6.63. The number of furan rings is 1. The molecule has 0 saturated heterocycles. The molecule has 364 valence electrons. The smallest absolute Gasteiger partial charge is 0.252 e. The van der Waals surface area contributed by atoms with E-state index in [9.17, 15) is 0 Å². The number of para-hydroxylation sites is 4. The normalized spacial score (nSPS) is 13.4. The molecule has 4 heterocycles. The van der Waals surface area contributed by atoms with Crippen LogP contribution in [0.2, 0.25) is 0 Å². The highest BCUT2D eigenvalue weighted by Gasteiger charge is 2.45. The van der Waals surface area contributed by atoms with Crippen LogP contribution in [0.15, 0.2) is 156 Å². The van der Waals surface area contributed by atoms with Crippen molar-refractivity contribution < 1.29 is 4.42 Å². The van der Waals surface area contributed by atoms with Gasteiger partial charge >= 0.3 is 0 Å². The standard InChI is InChI=1S/C69H64BN3O/c1-39-31-60-63-61(32-39)73(65-42(4)21-17-22-43(65)5)59-38-58-53(50-29-27-48(69(11,12)13)36-57(50)72(58)64-40(2)19-16-20-41(64)3)37-55(59)70(63)54-35-47(68(8,9)10)28-30-56(54)71(60)66-44(6)33-46(34-45(66)7)49-24-18-25-52-51-23-14-15-26-62(51)74-67(49)52/h14-38H,1-13H3. The van der Waals surface area contributed by atoms with Gasteiger partial charge in [0, 0.05) is 49.9 Å². The first kappa shape index (κ1) is 46.1. The molecule has 4 nitrogen and oxygen atoms in total. The molecular weight excluding hydrogens is 898 g/mol. The average Bonchev–Trinajstić information content (AvgIpc) is 3.88. The fourth-order valence-electron chi connectivity index (χ4n) is 13.1. The van der Waals surface area contributed by atoms with Gasteiger partial charge in [-0.3, -0.25) is 0 Å². The van der Waals surface area contributed by atoms with Gasteiger partial charge in [0.15, 0.2) is 0 Å². The summed E-state index contributed by atoms with van der Waals surface area (Å²) >= 11 is 0. The molecule has 0 radical (unpaired) electrons. The van der Waals surface area contributed by atoms with Crippen molar-refractivity contribution in [3.63, 3.8) is 0 Å². The molecule has 5 heteroatoms. The van der Waals surface area contributed by atoms with E-state index in [1.54, 1.807) is 0 Å². The van der Waals surface area contributed by atoms with Crippen LogP contribution in [-0.4, -0.2) is 11.3 Å². The number of aryl methyl sites for hydroxylation is 7. The molecule has 0 spiro atoms. The largest absolute Gasteiger partial charge is 0.455 e. The lowest BCUT2D eigenvalue weighted by Crippen LogP contribution is -2.61. The predicted octanol–water partition coefficient (Wildman–Crippen LogP) is 17.2. The minimum absolute atomic E-state index is 0.0212.